The van der Waals surface area contributed by atoms with Crippen LogP contribution in [-0.4, -0.2) is 38.4 Å². The number of amides is 1. The molecule has 0 aliphatic rings. The van der Waals surface area contributed by atoms with Gasteiger partial charge in [0.25, 0.3) is 11.2 Å². The molecule has 0 spiro atoms. The van der Waals surface area contributed by atoms with Gasteiger partial charge < -0.3 is 4.90 Å². The fraction of sp³-hybridized carbons (Fsp3) is 0.278. The molecule has 0 saturated heterocycles. The molecule has 9 heteroatoms. The minimum Gasteiger partial charge on any atom is -0.342 e. The van der Waals surface area contributed by atoms with Crippen molar-refractivity contribution in [1.29, 1.82) is 0 Å². The van der Waals surface area contributed by atoms with Crippen LogP contribution in [0.3, 0.4) is 0 Å². The molecule has 0 radical (unpaired) electrons. The van der Waals surface area contributed by atoms with E-state index in [1.807, 2.05) is 13.8 Å². The molecule has 0 bridgehead atoms. The molecule has 140 valence electrons. The molecule has 3 aromatic rings. The zero-order chi connectivity index (χ0) is 19.6. The second-order valence-corrected chi connectivity index (χ2v) is 6.74. The van der Waals surface area contributed by atoms with Gasteiger partial charge in [-0.05, 0) is 31.5 Å². The smallest absolute Gasteiger partial charge is 0.269 e. The summed E-state index contributed by atoms with van der Waals surface area (Å²) in [5.41, 5.74) is 1.04. The molecule has 2 heterocycles. The van der Waals surface area contributed by atoms with E-state index in [9.17, 15) is 19.7 Å². The summed E-state index contributed by atoms with van der Waals surface area (Å²) in [4.78, 5) is 42.2. The summed E-state index contributed by atoms with van der Waals surface area (Å²) < 4.78 is 1.31. The lowest BCUT2D eigenvalue weighted by atomic mass is 10.1. The van der Waals surface area contributed by atoms with Crippen LogP contribution >= 0.6 is 11.3 Å². The molecule has 2 aromatic heterocycles. The summed E-state index contributed by atoms with van der Waals surface area (Å²) in [6, 6.07) is 6.02. The predicted octanol–water partition coefficient (Wildman–Crippen LogP) is 2.90. The van der Waals surface area contributed by atoms with E-state index < -0.39 is 4.92 Å². The quantitative estimate of drug-likeness (QED) is 0.479. The van der Waals surface area contributed by atoms with Crippen molar-refractivity contribution in [1.82, 2.24) is 14.5 Å². The highest BCUT2D eigenvalue weighted by molar-refractivity contribution is 7.17. The number of carbonyl (C=O) groups excluding carboxylic acids is 1. The van der Waals surface area contributed by atoms with Gasteiger partial charge in [0.05, 0.1) is 16.6 Å². The molecule has 0 N–H and O–H groups in total. The largest absolute Gasteiger partial charge is 0.342 e. The highest BCUT2D eigenvalue weighted by Crippen LogP contribution is 2.31. The molecule has 0 aliphatic carbocycles. The maximum Gasteiger partial charge on any atom is 0.269 e. The van der Waals surface area contributed by atoms with Crippen LogP contribution in [-0.2, 0) is 11.3 Å². The van der Waals surface area contributed by atoms with Crippen LogP contribution in [0.15, 0.2) is 40.8 Å². The van der Waals surface area contributed by atoms with Gasteiger partial charge in [-0.2, -0.15) is 0 Å². The van der Waals surface area contributed by atoms with E-state index in [1.165, 1.54) is 34.4 Å². The Morgan fingerprint density at radius 1 is 1.26 bits per heavy atom. The third kappa shape index (κ3) is 3.59. The zero-order valence-corrected chi connectivity index (χ0v) is 15.7. The number of fused-ring (bicyclic) bond motifs is 1. The number of thiophene rings is 1. The van der Waals surface area contributed by atoms with E-state index >= 15 is 0 Å². The maximum atomic E-state index is 12.9. The Labute approximate surface area is 158 Å². The summed E-state index contributed by atoms with van der Waals surface area (Å²) in [5.74, 6) is -0.143. The van der Waals surface area contributed by atoms with Gasteiger partial charge in [-0.25, -0.2) is 4.98 Å². The molecule has 1 aromatic carbocycles. The minimum atomic E-state index is -0.469. The predicted molar refractivity (Wildman–Crippen MR) is 104 cm³/mol. The second kappa shape index (κ2) is 7.67. The third-order valence-electron chi connectivity index (χ3n) is 4.37. The Morgan fingerprint density at radius 3 is 2.52 bits per heavy atom. The monoisotopic (exact) mass is 386 g/mol. The van der Waals surface area contributed by atoms with E-state index in [-0.39, 0.29) is 23.7 Å². The van der Waals surface area contributed by atoms with Crippen LogP contribution in [0.2, 0.25) is 0 Å². The lowest BCUT2D eigenvalue weighted by Crippen LogP contribution is -2.36. The number of hydrogen-bond donors (Lipinski definition) is 0. The molecular weight excluding hydrogens is 368 g/mol. The number of benzene rings is 1. The number of rotatable bonds is 6. The lowest BCUT2D eigenvalue weighted by Gasteiger charge is -2.18. The average Bonchev–Trinajstić information content (AvgIpc) is 3.10. The van der Waals surface area contributed by atoms with Crippen LogP contribution in [0.25, 0.3) is 21.3 Å². The number of nitro groups is 1. The van der Waals surface area contributed by atoms with Crippen LogP contribution in [0.1, 0.15) is 13.8 Å². The Hall–Kier alpha value is -3.07. The number of likely N-dealkylation sites (N-methyl/N-ethyl adjacent to an activating group) is 1. The van der Waals surface area contributed by atoms with Crippen molar-refractivity contribution in [3.05, 3.63) is 56.4 Å². The standard InChI is InChI=1S/C18H18N4O4S/c1-3-20(4-2)15(23)9-21-11-19-17-16(18(21)24)14(10-27-17)12-5-7-13(8-6-12)22(25)26/h5-8,10-11H,3-4,9H2,1-2H3. The summed E-state index contributed by atoms with van der Waals surface area (Å²) >= 11 is 1.32. The van der Waals surface area contributed by atoms with E-state index in [0.717, 1.165) is 0 Å². The van der Waals surface area contributed by atoms with Crippen molar-refractivity contribution in [2.75, 3.05) is 13.1 Å². The summed E-state index contributed by atoms with van der Waals surface area (Å²) in [6.45, 7) is 4.85. The first-order valence-corrected chi connectivity index (χ1v) is 9.33. The van der Waals surface area contributed by atoms with Crippen molar-refractivity contribution in [3.8, 4) is 11.1 Å². The normalized spacial score (nSPS) is 10.9. The van der Waals surface area contributed by atoms with Crippen LogP contribution in [0.4, 0.5) is 5.69 Å². The number of hydrogen-bond acceptors (Lipinski definition) is 6. The third-order valence-corrected chi connectivity index (χ3v) is 5.26. The summed E-state index contributed by atoms with van der Waals surface area (Å²) in [6.07, 6.45) is 1.39. The number of nitro benzene ring substituents is 1. The van der Waals surface area contributed by atoms with E-state index in [2.05, 4.69) is 4.98 Å². The maximum absolute atomic E-state index is 12.9. The first kappa shape index (κ1) is 18.7. The Bertz CT molecular complexity index is 1050. The van der Waals surface area contributed by atoms with E-state index in [0.29, 0.717) is 34.4 Å². The number of non-ortho nitro benzene ring substituents is 1. The molecule has 0 aliphatic heterocycles. The van der Waals surface area contributed by atoms with Crippen molar-refractivity contribution < 1.29 is 9.72 Å². The number of nitrogens with zero attached hydrogens (tertiary/aromatic N) is 4. The Balaban J connectivity index is 2.03. The minimum absolute atomic E-state index is 0.0151. The number of aromatic nitrogens is 2. The topological polar surface area (TPSA) is 98.3 Å². The molecule has 0 saturated carbocycles. The molecule has 27 heavy (non-hydrogen) atoms. The Kier molecular flexibility index (Phi) is 5.31. The zero-order valence-electron chi connectivity index (χ0n) is 14.9. The van der Waals surface area contributed by atoms with Gasteiger partial charge in [-0.1, -0.05) is 0 Å². The fourth-order valence-corrected chi connectivity index (χ4v) is 3.78. The second-order valence-electron chi connectivity index (χ2n) is 5.88. The van der Waals surface area contributed by atoms with Crippen molar-refractivity contribution >= 4 is 33.1 Å². The van der Waals surface area contributed by atoms with E-state index in [1.54, 1.807) is 22.4 Å². The molecular formula is C18H18N4O4S. The van der Waals surface area contributed by atoms with Gasteiger partial charge in [-0.3, -0.25) is 24.3 Å². The molecule has 0 fully saturated rings. The summed E-state index contributed by atoms with van der Waals surface area (Å²) in [7, 11) is 0. The van der Waals surface area contributed by atoms with Gasteiger partial charge in [0.2, 0.25) is 5.91 Å². The van der Waals surface area contributed by atoms with Crippen LogP contribution in [0, 0.1) is 10.1 Å². The van der Waals surface area contributed by atoms with Crippen LogP contribution < -0.4 is 5.56 Å². The van der Waals surface area contributed by atoms with Crippen molar-refractivity contribution in [2.45, 2.75) is 20.4 Å². The van der Waals surface area contributed by atoms with Crippen molar-refractivity contribution in [3.63, 3.8) is 0 Å². The Morgan fingerprint density at radius 2 is 1.93 bits per heavy atom. The molecule has 8 nitrogen and oxygen atoms in total. The lowest BCUT2D eigenvalue weighted by molar-refractivity contribution is -0.384. The van der Waals surface area contributed by atoms with Crippen LogP contribution in [0.5, 0.6) is 0 Å². The molecule has 0 atom stereocenters. The summed E-state index contributed by atoms with van der Waals surface area (Å²) in [5, 5.41) is 13.0. The number of carbonyl (C=O) groups is 1. The molecule has 3 rings (SSSR count). The molecule has 0 unspecified atom stereocenters. The highest BCUT2D eigenvalue weighted by Gasteiger charge is 2.17. The van der Waals surface area contributed by atoms with Gasteiger partial charge in [0, 0.05) is 36.2 Å². The first-order valence-electron chi connectivity index (χ1n) is 8.45. The average molecular weight is 386 g/mol. The van der Waals surface area contributed by atoms with E-state index in [4.69, 9.17) is 0 Å². The molecule has 1 amide bonds. The van der Waals surface area contributed by atoms with Gasteiger partial charge in [0.1, 0.15) is 11.4 Å². The first-order chi connectivity index (χ1) is 13.0. The highest BCUT2D eigenvalue weighted by atomic mass is 32.1. The fourth-order valence-electron chi connectivity index (χ4n) is 2.88. The van der Waals surface area contributed by atoms with Gasteiger partial charge in [-0.15, -0.1) is 11.3 Å². The van der Waals surface area contributed by atoms with Gasteiger partial charge >= 0.3 is 0 Å². The van der Waals surface area contributed by atoms with Gasteiger partial charge in [0.15, 0.2) is 0 Å². The SMILES string of the molecule is CCN(CC)C(=O)Cn1cnc2scc(-c3ccc([N+](=O)[O-])cc3)c2c1=O. The van der Waals surface area contributed by atoms with Crippen molar-refractivity contribution in [2.24, 2.45) is 0 Å².